The van der Waals surface area contributed by atoms with Gasteiger partial charge in [0.15, 0.2) is 0 Å². The number of nitrogens with one attached hydrogen (secondary N) is 2. The highest BCUT2D eigenvalue weighted by Crippen LogP contribution is 2.17. The monoisotopic (exact) mass is 263 g/mol. The second kappa shape index (κ2) is 6.89. The van der Waals surface area contributed by atoms with E-state index in [1.54, 1.807) is 19.1 Å². The van der Waals surface area contributed by atoms with Crippen LogP contribution in [0.25, 0.3) is 0 Å². The molecule has 0 bridgehead atoms. The lowest BCUT2D eigenvalue weighted by atomic mass is 10.1. The van der Waals surface area contributed by atoms with Crippen molar-refractivity contribution in [2.75, 3.05) is 18.4 Å². The molecule has 5 nitrogen and oxygen atoms in total. The highest BCUT2D eigenvalue weighted by atomic mass is 16.2. The lowest BCUT2D eigenvalue weighted by molar-refractivity contribution is -0.119. The van der Waals surface area contributed by atoms with E-state index in [0.29, 0.717) is 24.3 Å². The second-order valence-corrected chi connectivity index (χ2v) is 4.52. The Bertz CT molecular complexity index is 472. The number of carbonyl (C=O) groups is 2. The van der Waals surface area contributed by atoms with Gasteiger partial charge in [0.25, 0.3) is 5.91 Å². The second-order valence-electron chi connectivity index (χ2n) is 4.52. The van der Waals surface area contributed by atoms with Gasteiger partial charge in [-0.3, -0.25) is 9.59 Å². The maximum absolute atomic E-state index is 11.8. The van der Waals surface area contributed by atoms with E-state index in [0.717, 1.165) is 5.56 Å². The van der Waals surface area contributed by atoms with Gasteiger partial charge in [-0.05, 0) is 31.5 Å². The van der Waals surface area contributed by atoms with Crippen molar-refractivity contribution in [3.05, 3.63) is 29.3 Å². The molecule has 0 aromatic heterocycles. The average Bonchev–Trinajstić information content (AvgIpc) is 2.40. The minimum Gasteiger partial charge on any atom is -0.352 e. The van der Waals surface area contributed by atoms with E-state index in [1.165, 1.54) is 0 Å². The quantitative estimate of drug-likeness (QED) is 0.748. The fourth-order valence-electron chi connectivity index (χ4n) is 1.52. The van der Waals surface area contributed by atoms with Crippen molar-refractivity contribution in [1.82, 2.24) is 5.32 Å². The van der Waals surface area contributed by atoms with E-state index in [1.807, 2.05) is 19.9 Å². The molecule has 2 amide bonds. The van der Waals surface area contributed by atoms with E-state index in [4.69, 9.17) is 5.73 Å². The number of benzene rings is 1. The van der Waals surface area contributed by atoms with Gasteiger partial charge in [0.1, 0.15) is 0 Å². The molecule has 0 heterocycles. The Morgan fingerprint density at radius 1 is 1.37 bits per heavy atom. The third-order valence-electron chi connectivity index (χ3n) is 2.90. The molecule has 0 aliphatic carbocycles. The minimum atomic E-state index is -0.257. The van der Waals surface area contributed by atoms with Crippen LogP contribution in [0.5, 0.6) is 0 Å². The molecule has 0 saturated heterocycles. The maximum atomic E-state index is 11.8. The standard InChI is InChI=1S/C14H21N3O2/c1-4-16-14(19)11-6-5-9(2)12(7-11)17-13(18)10(3)8-15/h5-7,10H,4,8,15H2,1-3H3,(H,16,19)(H,17,18). The lowest BCUT2D eigenvalue weighted by Gasteiger charge is -2.13. The summed E-state index contributed by atoms with van der Waals surface area (Å²) in [6, 6.07) is 5.23. The Morgan fingerprint density at radius 3 is 2.63 bits per heavy atom. The Kier molecular flexibility index (Phi) is 5.51. The zero-order chi connectivity index (χ0) is 14.4. The van der Waals surface area contributed by atoms with Gasteiger partial charge in [-0.2, -0.15) is 0 Å². The molecule has 0 spiro atoms. The summed E-state index contributed by atoms with van der Waals surface area (Å²) in [4.78, 5) is 23.6. The van der Waals surface area contributed by atoms with Crippen molar-refractivity contribution in [1.29, 1.82) is 0 Å². The molecule has 0 aliphatic heterocycles. The smallest absolute Gasteiger partial charge is 0.251 e. The van der Waals surface area contributed by atoms with Crippen LogP contribution in [0.4, 0.5) is 5.69 Å². The molecule has 1 atom stereocenters. The Morgan fingerprint density at radius 2 is 2.05 bits per heavy atom. The molecule has 1 rings (SSSR count). The van der Waals surface area contributed by atoms with Crippen molar-refractivity contribution >= 4 is 17.5 Å². The zero-order valence-electron chi connectivity index (χ0n) is 11.6. The normalized spacial score (nSPS) is 11.8. The fourth-order valence-corrected chi connectivity index (χ4v) is 1.52. The van der Waals surface area contributed by atoms with Gasteiger partial charge in [-0.25, -0.2) is 0 Å². The van der Waals surface area contributed by atoms with Crippen LogP contribution in [0.1, 0.15) is 29.8 Å². The van der Waals surface area contributed by atoms with E-state index in [-0.39, 0.29) is 17.7 Å². The van der Waals surface area contributed by atoms with E-state index < -0.39 is 0 Å². The van der Waals surface area contributed by atoms with E-state index in [9.17, 15) is 9.59 Å². The topological polar surface area (TPSA) is 84.2 Å². The largest absolute Gasteiger partial charge is 0.352 e. The van der Waals surface area contributed by atoms with Gasteiger partial charge in [-0.1, -0.05) is 13.0 Å². The third kappa shape index (κ3) is 4.06. The SMILES string of the molecule is CCNC(=O)c1ccc(C)c(NC(=O)C(C)CN)c1. The summed E-state index contributed by atoms with van der Waals surface area (Å²) in [5.41, 5.74) is 7.54. The van der Waals surface area contributed by atoms with E-state index in [2.05, 4.69) is 10.6 Å². The van der Waals surface area contributed by atoms with Gasteiger partial charge in [0.2, 0.25) is 5.91 Å². The van der Waals surface area contributed by atoms with E-state index >= 15 is 0 Å². The Balaban J connectivity index is 2.91. The highest BCUT2D eigenvalue weighted by molar-refractivity contribution is 5.98. The van der Waals surface area contributed by atoms with Crippen molar-refractivity contribution in [3.8, 4) is 0 Å². The number of carbonyl (C=O) groups excluding carboxylic acids is 2. The number of amides is 2. The van der Waals surface area contributed by atoms with Crippen molar-refractivity contribution in [2.45, 2.75) is 20.8 Å². The predicted molar refractivity (Wildman–Crippen MR) is 76.0 cm³/mol. The van der Waals surface area contributed by atoms with Crippen LogP contribution >= 0.6 is 0 Å². The first kappa shape index (κ1) is 15.2. The van der Waals surface area contributed by atoms with Crippen LogP contribution in [-0.2, 0) is 4.79 Å². The van der Waals surface area contributed by atoms with Gasteiger partial charge >= 0.3 is 0 Å². The number of hydrogen-bond acceptors (Lipinski definition) is 3. The maximum Gasteiger partial charge on any atom is 0.251 e. The molecule has 0 radical (unpaired) electrons. The summed E-state index contributed by atoms with van der Waals surface area (Å²) in [6.45, 7) is 6.36. The van der Waals surface area contributed by atoms with Crippen LogP contribution in [-0.4, -0.2) is 24.9 Å². The predicted octanol–water partition coefficient (Wildman–Crippen LogP) is 1.28. The average molecular weight is 263 g/mol. The summed E-state index contributed by atoms with van der Waals surface area (Å²) in [5.74, 6) is -0.545. The molecule has 1 unspecified atom stereocenters. The summed E-state index contributed by atoms with van der Waals surface area (Å²) < 4.78 is 0. The first-order chi connectivity index (χ1) is 8.99. The van der Waals surface area contributed by atoms with Crippen molar-refractivity contribution in [3.63, 3.8) is 0 Å². The minimum absolute atomic E-state index is 0.140. The molecule has 0 saturated carbocycles. The molecular formula is C14H21N3O2. The Labute approximate surface area is 113 Å². The van der Waals surface area contributed by atoms with Crippen LogP contribution in [0.2, 0.25) is 0 Å². The first-order valence-corrected chi connectivity index (χ1v) is 6.39. The van der Waals surface area contributed by atoms with Crippen LogP contribution in [0.15, 0.2) is 18.2 Å². The lowest BCUT2D eigenvalue weighted by Crippen LogP contribution is -2.27. The fraction of sp³-hybridized carbons (Fsp3) is 0.429. The Hall–Kier alpha value is -1.88. The highest BCUT2D eigenvalue weighted by Gasteiger charge is 2.13. The molecule has 0 aliphatic rings. The van der Waals surface area contributed by atoms with Crippen molar-refractivity contribution in [2.24, 2.45) is 11.7 Å². The van der Waals surface area contributed by atoms with Crippen LogP contribution in [0, 0.1) is 12.8 Å². The molecular weight excluding hydrogens is 242 g/mol. The van der Waals surface area contributed by atoms with Gasteiger partial charge < -0.3 is 16.4 Å². The zero-order valence-corrected chi connectivity index (χ0v) is 11.6. The molecule has 19 heavy (non-hydrogen) atoms. The third-order valence-corrected chi connectivity index (χ3v) is 2.90. The molecule has 1 aromatic carbocycles. The van der Waals surface area contributed by atoms with Crippen LogP contribution in [0.3, 0.4) is 0 Å². The number of nitrogens with two attached hydrogens (primary N) is 1. The molecule has 0 fully saturated rings. The van der Waals surface area contributed by atoms with Crippen LogP contribution < -0.4 is 16.4 Å². The summed E-state index contributed by atoms with van der Waals surface area (Å²) in [7, 11) is 0. The first-order valence-electron chi connectivity index (χ1n) is 6.39. The molecule has 4 N–H and O–H groups in total. The number of aryl methyl sites for hydroxylation is 1. The van der Waals surface area contributed by atoms with Gasteiger partial charge in [0, 0.05) is 30.3 Å². The van der Waals surface area contributed by atoms with Gasteiger partial charge in [0.05, 0.1) is 0 Å². The molecule has 104 valence electrons. The number of hydrogen-bond donors (Lipinski definition) is 3. The van der Waals surface area contributed by atoms with Gasteiger partial charge in [-0.15, -0.1) is 0 Å². The number of rotatable bonds is 5. The van der Waals surface area contributed by atoms with Crippen molar-refractivity contribution < 1.29 is 9.59 Å². The summed E-state index contributed by atoms with van der Waals surface area (Å²) >= 11 is 0. The molecule has 5 heteroatoms. The number of anilines is 1. The summed E-state index contributed by atoms with van der Waals surface area (Å²) in [5, 5.41) is 5.52. The summed E-state index contributed by atoms with van der Waals surface area (Å²) in [6.07, 6.45) is 0. The molecule has 1 aromatic rings.